The molecule has 32 heavy (non-hydrogen) atoms. The van der Waals surface area contributed by atoms with Gasteiger partial charge in [-0.3, -0.25) is 4.79 Å². The lowest BCUT2D eigenvalue weighted by Gasteiger charge is -2.23. The molecule has 3 aromatic rings. The molecule has 1 N–H and O–H groups in total. The molecule has 0 radical (unpaired) electrons. The van der Waals surface area contributed by atoms with Gasteiger partial charge < -0.3 is 14.4 Å². The standard InChI is InChI=1S/C24H24ClFN2O4/c1-15-11-18(25)5-6-19(15)20(16-3-7-23(21(26)12-16)32-10-9-29)13-22(27-31)17-4-8-24(30)28(2)14-17/h3-8,11-12,14,20,22,29H,9-10,13H2,1-2H3. The van der Waals surface area contributed by atoms with Crippen LogP contribution < -0.4 is 10.3 Å². The lowest BCUT2D eigenvalue weighted by molar-refractivity contribution is 0.196. The molecule has 0 aliphatic rings. The van der Waals surface area contributed by atoms with E-state index in [1.165, 1.54) is 22.8 Å². The number of ether oxygens (including phenoxy) is 1. The average molecular weight is 459 g/mol. The Morgan fingerprint density at radius 1 is 1.16 bits per heavy atom. The van der Waals surface area contributed by atoms with Crippen molar-refractivity contribution in [1.82, 2.24) is 4.57 Å². The van der Waals surface area contributed by atoms with E-state index in [0.29, 0.717) is 16.1 Å². The van der Waals surface area contributed by atoms with Crippen LogP contribution in [0.25, 0.3) is 0 Å². The molecule has 0 aliphatic heterocycles. The van der Waals surface area contributed by atoms with Crippen molar-refractivity contribution in [2.75, 3.05) is 13.2 Å². The number of aliphatic hydroxyl groups is 1. The number of benzene rings is 2. The summed E-state index contributed by atoms with van der Waals surface area (Å²) in [6.07, 6.45) is 1.85. The van der Waals surface area contributed by atoms with Crippen LogP contribution in [0.1, 0.15) is 40.6 Å². The normalized spacial score (nSPS) is 12.9. The number of halogens is 2. The van der Waals surface area contributed by atoms with Gasteiger partial charge in [-0.15, -0.1) is 0 Å². The lowest BCUT2D eigenvalue weighted by Crippen LogP contribution is -2.16. The highest BCUT2D eigenvalue weighted by Crippen LogP contribution is 2.38. The van der Waals surface area contributed by atoms with E-state index in [9.17, 15) is 14.1 Å². The summed E-state index contributed by atoms with van der Waals surface area (Å²) in [4.78, 5) is 23.5. The first-order chi connectivity index (χ1) is 15.3. The zero-order valence-electron chi connectivity index (χ0n) is 17.8. The van der Waals surface area contributed by atoms with Crippen LogP contribution in [0.5, 0.6) is 5.75 Å². The number of rotatable bonds is 9. The summed E-state index contributed by atoms with van der Waals surface area (Å²) in [6.45, 7) is 1.67. The smallest absolute Gasteiger partial charge is 0.250 e. The van der Waals surface area contributed by atoms with Gasteiger partial charge in [0.25, 0.3) is 0 Å². The van der Waals surface area contributed by atoms with Crippen molar-refractivity contribution in [3.8, 4) is 5.75 Å². The van der Waals surface area contributed by atoms with Crippen molar-refractivity contribution in [2.24, 2.45) is 12.2 Å². The molecule has 0 aliphatic carbocycles. The molecule has 2 unspecified atom stereocenters. The lowest BCUT2D eigenvalue weighted by atomic mass is 9.82. The highest BCUT2D eigenvalue weighted by Gasteiger charge is 2.25. The van der Waals surface area contributed by atoms with E-state index in [1.807, 2.05) is 19.1 Å². The first kappa shape index (κ1) is 23.6. The molecule has 6 nitrogen and oxygen atoms in total. The van der Waals surface area contributed by atoms with Crippen molar-refractivity contribution >= 4 is 11.6 Å². The van der Waals surface area contributed by atoms with Crippen molar-refractivity contribution in [3.05, 3.63) is 103 Å². The molecule has 2 atom stereocenters. The zero-order valence-corrected chi connectivity index (χ0v) is 18.6. The Balaban J connectivity index is 2.04. The van der Waals surface area contributed by atoms with Crippen LogP contribution in [0, 0.1) is 17.6 Å². The quantitative estimate of drug-likeness (QED) is 0.463. The van der Waals surface area contributed by atoms with E-state index >= 15 is 0 Å². The molecule has 0 fully saturated rings. The molecule has 1 heterocycles. The summed E-state index contributed by atoms with van der Waals surface area (Å²) in [7, 11) is 1.61. The molecule has 3 rings (SSSR count). The minimum atomic E-state index is -0.754. The molecule has 8 heteroatoms. The number of aryl methyl sites for hydroxylation is 2. The van der Waals surface area contributed by atoms with Crippen LogP contribution in [-0.4, -0.2) is 22.9 Å². The second-order valence-electron chi connectivity index (χ2n) is 7.58. The van der Waals surface area contributed by atoms with E-state index < -0.39 is 11.9 Å². The van der Waals surface area contributed by atoms with Crippen LogP contribution in [0.15, 0.2) is 64.7 Å². The van der Waals surface area contributed by atoms with Gasteiger partial charge in [0, 0.05) is 30.3 Å². The second kappa shape index (κ2) is 10.5. The first-order valence-corrected chi connectivity index (χ1v) is 10.5. The molecule has 168 valence electrons. The summed E-state index contributed by atoms with van der Waals surface area (Å²) in [6, 6.07) is 12.3. The van der Waals surface area contributed by atoms with Crippen molar-refractivity contribution in [3.63, 3.8) is 0 Å². The van der Waals surface area contributed by atoms with Gasteiger partial charge in [-0.2, -0.15) is 4.91 Å². The van der Waals surface area contributed by atoms with Gasteiger partial charge in [0.1, 0.15) is 12.6 Å². The number of nitrogens with zero attached hydrogens (tertiary/aromatic N) is 2. The van der Waals surface area contributed by atoms with E-state index in [2.05, 4.69) is 5.18 Å². The van der Waals surface area contributed by atoms with Crippen LogP contribution in [0.3, 0.4) is 0 Å². The van der Waals surface area contributed by atoms with Crippen LogP contribution in [0.4, 0.5) is 4.39 Å². The van der Waals surface area contributed by atoms with Crippen LogP contribution in [-0.2, 0) is 7.05 Å². The maximum Gasteiger partial charge on any atom is 0.250 e. The maximum absolute atomic E-state index is 14.7. The Bertz CT molecular complexity index is 1160. The maximum atomic E-state index is 14.7. The Kier molecular flexibility index (Phi) is 7.77. The fourth-order valence-corrected chi connectivity index (χ4v) is 3.98. The van der Waals surface area contributed by atoms with E-state index in [1.54, 1.807) is 31.4 Å². The highest BCUT2D eigenvalue weighted by atomic mass is 35.5. The number of hydrogen-bond donors (Lipinski definition) is 1. The fourth-order valence-electron chi connectivity index (χ4n) is 3.75. The number of aromatic nitrogens is 1. The molecule has 2 aromatic carbocycles. The zero-order chi connectivity index (χ0) is 23.3. The molecular formula is C24H24ClFN2O4. The van der Waals surface area contributed by atoms with Gasteiger partial charge in [0.05, 0.1) is 6.61 Å². The fraction of sp³-hybridized carbons (Fsp3) is 0.292. The summed E-state index contributed by atoms with van der Waals surface area (Å²) >= 11 is 6.13. The summed E-state index contributed by atoms with van der Waals surface area (Å²) in [5, 5.41) is 12.8. The third-order valence-electron chi connectivity index (χ3n) is 5.39. The minimum Gasteiger partial charge on any atom is -0.488 e. The van der Waals surface area contributed by atoms with Gasteiger partial charge in [0.2, 0.25) is 5.56 Å². The third kappa shape index (κ3) is 5.41. The average Bonchev–Trinajstić information content (AvgIpc) is 2.76. The predicted molar refractivity (Wildman–Crippen MR) is 122 cm³/mol. The Hall–Kier alpha value is -3.03. The third-order valence-corrected chi connectivity index (χ3v) is 5.63. The molecule has 0 saturated carbocycles. The van der Waals surface area contributed by atoms with Crippen LogP contribution >= 0.6 is 11.6 Å². The Labute approximate surface area is 190 Å². The van der Waals surface area contributed by atoms with Gasteiger partial charge >= 0.3 is 0 Å². The van der Waals surface area contributed by atoms with Crippen LogP contribution in [0.2, 0.25) is 5.02 Å². The summed E-state index contributed by atoms with van der Waals surface area (Å²) < 4.78 is 21.3. The molecule has 0 spiro atoms. The van der Waals surface area contributed by atoms with Gasteiger partial charge in [0.15, 0.2) is 11.6 Å². The second-order valence-corrected chi connectivity index (χ2v) is 8.02. The van der Waals surface area contributed by atoms with E-state index in [0.717, 1.165) is 11.1 Å². The first-order valence-electron chi connectivity index (χ1n) is 10.1. The SMILES string of the molecule is Cc1cc(Cl)ccc1C(CC(N=O)c1ccc(=O)n(C)c1)c1ccc(OCCO)c(F)c1. The topological polar surface area (TPSA) is 80.9 Å². The number of nitroso groups, excluding NO2 is 1. The van der Waals surface area contributed by atoms with Crippen molar-refractivity contribution in [2.45, 2.75) is 25.3 Å². The number of hydrogen-bond acceptors (Lipinski definition) is 5. The Morgan fingerprint density at radius 2 is 1.91 bits per heavy atom. The number of pyridine rings is 1. The van der Waals surface area contributed by atoms with Crippen molar-refractivity contribution < 1.29 is 14.2 Å². The van der Waals surface area contributed by atoms with Gasteiger partial charge in [-0.25, -0.2) is 4.39 Å². The predicted octanol–water partition coefficient (Wildman–Crippen LogP) is 4.89. The molecule has 0 saturated heterocycles. The van der Waals surface area contributed by atoms with E-state index in [4.69, 9.17) is 21.4 Å². The van der Waals surface area contributed by atoms with Gasteiger partial charge in [-0.1, -0.05) is 28.9 Å². The number of aliphatic hydroxyl groups excluding tert-OH is 1. The molecule has 0 bridgehead atoms. The monoisotopic (exact) mass is 458 g/mol. The van der Waals surface area contributed by atoms with E-state index in [-0.39, 0.29) is 36.9 Å². The summed E-state index contributed by atoms with van der Waals surface area (Å²) in [5.41, 5.74) is 2.83. The molecule has 0 amide bonds. The van der Waals surface area contributed by atoms with Crippen molar-refractivity contribution in [1.29, 1.82) is 0 Å². The minimum absolute atomic E-state index is 0.0140. The highest BCUT2D eigenvalue weighted by molar-refractivity contribution is 6.30. The molecule has 1 aromatic heterocycles. The summed E-state index contributed by atoms with van der Waals surface area (Å²) in [5.74, 6) is -0.892. The largest absolute Gasteiger partial charge is 0.488 e. The molecular weight excluding hydrogens is 435 g/mol. The Morgan fingerprint density at radius 3 is 2.53 bits per heavy atom. The van der Waals surface area contributed by atoms with Gasteiger partial charge in [-0.05, 0) is 65.9 Å².